The van der Waals surface area contributed by atoms with Gasteiger partial charge in [0.2, 0.25) is 0 Å². The first kappa shape index (κ1) is 59.3. The molecule has 358 valence electrons. The van der Waals surface area contributed by atoms with Gasteiger partial charge in [0.25, 0.3) is 0 Å². The minimum atomic E-state index is -0.799. The molecule has 1 unspecified atom stereocenters. The third kappa shape index (κ3) is 49.2. The molecule has 0 radical (unpaired) electrons. The van der Waals surface area contributed by atoms with E-state index in [1.165, 1.54) is 77.0 Å². The Morgan fingerprint density at radius 3 is 1.05 bits per heavy atom. The summed E-state index contributed by atoms with van der Waals surface area (Å²) in [6.07, 6.45) is 67.2. The van der Waals surface area contributed by atoms with Crippen LogP contribution in [0.2, 0.25) is 0 Å². The second-order valence-corrected chi connectivity index (χ2v) is 16.7. The molecule has 0 aliphatic carbocycles. The number of hydrogen-bond acceptors (Lipinski definition) is 6. The first-order valence-electron chi connectivity index (χ1n) is 25.7. The van der Waals surface area contributed by atoms with Crippen LogP contribution in [0.15, 0.2) is 97.2 Å². The van der Waals surface area contributed by atoms with E-state index in [2.05, 4.69) is 118 Å². The number of rotatable bonds is 45. The van der Waals surface area contributed by atoms with Gasteiger partial charge in [-0.25, -0.2) is 0 Å². The molecule has 6 nitrogen and oxygen atoms in total. The molecule has 0 saturated heterocycles. The molecule has 0 amide bonds. The predicted molar refractivity (Wildman–Crippen MR) is 270 cm³/mol. The average Bonchev–Trinajstić information content (AvgIpc) is 3.28. The summed E-state index contributed by atoms with van der Waals surface area (Å²) >= 11 is 0. The Hall–Kier alpha value is -3.67. The molecule has 1 atom stereocenters. The highest BCUT2D eigenvalue weighted by Crippen LogP contribution is 2.13. The van der Waals surface area contributed by atoms with Crippen LogP contribution in [0.4, 0.5) is 0 Å². The van der Waals surface area contributed by atoms with Crippen molar-refractivity contribution in [2.24, 2.45) is 0 Å². The summed E-state index contributed by atoms with van der Waals surface area (Å²) in [5.74, 6) is -0.983. The maximum absolute atomic E-state index is 12.7. The maximum Gasteiger partial charge on any atom is 0.306 e. The van der Waals surface area contributed by atoms with Crippen molar-refractivity contribution >= 4 is 17.9 Å². The summed E-state index contributed by atoms with van der Waals surface area (Å²) in [5, 5.41) is 0. The molecule has 0 aliphatic heterocycles. The van der Waals surface area contributed by atoms with Crippen molar-refractivity contribution in [3.63, 3.8) is 0 Å². The van der Waals surface area contributed by atoms with E-state index in [4.69, 9.17) is 14.2 Å². The number of ether oxygens (including phenoxy) is 3. The molecule has 0 aromatic rings. The Kier molecular flexibility index (Phi) is 48.0. The van der Waals surface area contributed by atoms with Crippen LogP contribution in [-0.2, 0) is 28.6 Å². The molecular formula is C57H94O6. The van der Waals surface area contributed by atoms with Crippen molar-refractivity contribution in [3.8, 4) is 0 Å². The zero-order valence-electron chi connectivity index (χ0n) is 40.8. The van der Waals surface area contributed by atoms with Gasteiger partial charge in [-0.05, 0) is 96.3 Å². The van der Waals surface area contributed by atoms with E-state index in [0.29, 0.717) is 19.3 Å². The highest BCUT2D eigenvalue weighted by molar-refractivity contribution is 5.71. The van der Waals surface area contributed by atoms with Crippen molar-refractivity contribution in [2.45, 2.75) is 232 Å². The number of allylic oxidation sites excluding steroid dienone is 16. The lowest BCUT2D eigenvalue weighted by molar-refractivity contribution is -0.167. The fraction of sp³-hybridized carbons (Fsp3) is 0.667. The van der Waals surface area contributed by atoms with Gasteiger partial charge in [0, 0.05) is 19.3 Å². The van der Waals surface area contributed by atoms with Crippen molar-refractivity contribution < 1.29 is 28.6 Å². The minimum Gasteiger partial charge on any atom is -0.462 e. The third-order valence-electron chi connectivity index (χ3n) is 10.6. The smallest absolute Gasteiger partial charge is 0.306 e. The van der Waals surface area contributed by atoms with Gasteiger partial charge in [0.15, 0.2) is 6.10 Å². The van der Waals surface area contributed by atoms with E-state index in [9.17, 15) is 14.4 Å². The summed E-state index contributed by atoms with van der Waals surface area (Å²) in [7, 11) is 0. The molecule has 6 heteroatoms. The van der Waals surface area contributed by atoms with Gasteiger partial charge in [0.05, 0.1) is 0 Å². The lowest BCUT2D eigenvalue weighted by atomic mass is 10.1. The summed E-state index contributed by atoms with van der Waals surface area (Å²) in [6.45, 7) is 6.37. The SMILES string of the molecule is CC/C=C\C/C=C\C/C=C\C/C=C\C/C=C\C/C=C\C/C=C\CCCC(=O)OCC(COC(=O)CCCCCCC)OC(=O)CCCCCCCCC/C=C\CCCCCCCC. The molecule has 0 spiro atoms. The van der Waals surface area contributed by atoms with Gasteiger partial charge in [-0.1, -0.05) is 208 Å². The number of carbonyl (C=O) groups is 3. The number of hydrogen-bond donors (Lipinski definition) is 0. The lowest BCUT2D eigenvalue weighted by Crippen LogP contribution is -2.30. The van der Waals surface area contributed by atoms with E-state index < -0.39 is 6.10 Å². The van der Waals surface area contributed by atoms with E-state index in [0.717, 1.165) is 103 Å². The molecule has 63 heavy (non-hydrogen) atoms. The van der Waals surface area contributed by atoms with Gasteiger partial charge in [-0.3, -0.25) is 14.4 Å². The maximum atomic E-state index is 12.7. The summed E-state index contributed by atoms with van der Waals surface area (Å²) in [5.41, 5.74) is 0. The average molecular weight is 875 g/mol. The molecule has 0 aromatic heterocycles. The summed E-state index contributed by atoms with van der Waals surface area (Å²) in [6, 6.07) is 0. The van der Waals surface area contributed by atoms with Crippen LogP contribution in [-0.4, -0.2) is 37.2 Å². The molecule has 0 aliphatic rings. The highest BCUT2D eigenvalue weighted by Gasteiger charge is 2.19. The van der Waals surface area contributed by atoms with E-state index in [1.54, 1.807) is 0 Å². The molecule has 0 N–H and O–H groups in total. The molecule has 0 bridgehead atoms. The van der Waals surface area contributed by atoms with Crippen LogP contribution in [0.1, 0.15) is 226 Å². The van der Waals surface area contributed by atoms with E-state index in [-0.39, 0.29) is 37.5 Å². The standard InChI is InChI=1S/C57H94O6/c1-4-7-10-13-15-17-19-21-23-25-26-27-28-29-30-32-33-35-37-39-41-44-47-50-56(59)62-53-54(52-61-55(58)49-46-43-12-9-6-3)63-57(60)51-48-45-42-40-38-36-34-31-24-22-20-18-16-14-11-8-5-2/h7,10,15,17,21-24,26-27,29-30,33,35,39,41,54H,4-6,8-9,11-14,16,18-20,25,28,31-32,34,36-38,40,42-53H2,1-3H3/b10-7-,17-15-,23-21-,24-22-,27-26-,30-29-,35-33-,41-39-. The number of unbranched alkanes of at least 4 members (excludes halogenated alkanes) is 18. The Morgan fingerprint density at radius 1 is 0.333 bits per heavy atom. The second kappa shape index (κ2) is 51.0. The minimum absolute atomic E-state index is 0.0988. The molecular weight excluding hydrogens is 781 g/mol. The van der Waals surface area contributed by atoms with Gasteiger partial charge in [0.1, 0.15) is 13.2 Å². The second-order valence-electron chi connectivity index (χ2n) is 16.7. The van der Waals surface area contributed by atoms with Crippen molar-refractivity contribution in [2.75, 3.05) is 13.2 Å². The summed E-state index contributed by atoms with van der Waals surface area (Å²) < 4.78 is 16.6. The van der Waals surface area contributed by atoms with Gasteiger partial charge in [-0.15, -0.1) is 0 Å². The normalized spacial score (nSPS) is 12.9. The molecule has 0 fully saturated rings. The van der Waals surface area contributed by atoms with Crippen LogP contribution in [0.5, 0.6) is 0 Å². The fourth-order valence-electron chi connectivity index (χ4n) is 6.72. The van der Waals surface area contributed by atoms with Crippen LogP contribution >= 0.6 is 0 Å². The molecule has 0 saturated carbocycles. The monoisotopic (exact) mass is 875 g/mol. The zero-order valence-corrected chi connectivity index (χ0v) is 40.8. The topological polar surface area (TPSA) is 78.9 Å². The van der Waals surface area contributed by atoms with Gasteiger partial charge in [-0.2, -0.15) is 0 Å². The quantitative estimate of drug-likeness (QED) is 0.0262. The Labute approximate surface area is 387 Å². The van der Waals surface area contributed by atoms with Crippen LogP contribution in [0, 0.1) is 0 Å². The number of carbonyl (C=O) groups excluding carboxylic acids is 3. The van der Waals surface area contributed by atoms with Crippen molar-refractivity contribution in [1.82, 2.24) is 0 Å². The molecule has 0 heterocycles. The lowest BCUT2D eigenvalue weighted by Gasteiger charge is -2.18. The molecule has 0 aromatic carbocycles. The Balaban J connectivity index is 4.29. The highest BCUT2D eigenvalue weighted by atomic mass is 16.6. The van der Waals surface area contributed by atoms with Gasteiger partial charge < -0.3 is 14.2 Å². The third-order valence-corrected chi connectivity index (χ3v) is 10.6. The number of esters is 3. The van der Waals surface area contributed by atoms with Crippen molar-refractivity contribution in [1.29, 1.82) is 0 Å². The predicted octanol–water partition coefficient (Wildman–Crippen LogP) is 17.0. The Morgan fingerprint density at radius 2 is 0.635 bits per heavy atom. The Bertz CT molecular complexity index is 1280. The largest absolute Gasteiger partial charge is 0.462 e. The van der Waals surface area contributed by atoms with Crippen LogP contribution in [0.25, 0.3) is 0 Å². The van der Waals surface area contributed by atoms with Gasteiger partial charge >= 0.3 is 17.9 Å². The van der Waals surface area contributed by atoms with E-state index in [1.807, 2.05) is 0 Å². The van der Waals surface area contributed by atoms with Crippen molar-refractivity contribution in [3.05, 3.63) is 97.2 Å². The summed E-state index contributed by atoms with van der Waals surface area (Å²) in [4.78, 5) is 37.6. The zero-order chi connectivity index (χ0) is 45.8. The molecule has 0 rings (SSSR count). The fourth-order valence-corrected chi connectivity index (χ4v) is 6.72. The first-order chi connectivity index (χ1) is 31.0. The van der Waals surface area contributed by atoms with Crippen LogP contribution in [0.3, 0.4) is 0 Å². The van der Waals surface area contributed by atoms with Crippen LogP contribution < -0.4 is 0 Å². The first-order valence-corrected chi connectivity index (χ1v) is 25.7. The van der Waals surface area contributed by atoms with E-state index >= 15 is 0 Å².